The summed E-state index contributed by atoms with van der Waals surface area (Å²) in [4.78, 5) is 14.6. The van der Waals surface area contributed by atoms with Crippen LogP contribution >= 0.6 is 0 Å². The van der Waals surface area contributed by atoms with Crippen LogP contribution in [0.2, 0.25) is 0 Å². The van der Waals surface area contributed by atoms with Crippen LogP contribution in [-0.2, 0) is 22.7 Å². The third kappa shape index (κ3) is 3.36. The molecule has 1 aromatic carbocycles. The molecular weight excluding hydrogens is 383 g/mol. The quantitative estimate of drug-likeness (QED) is 0.605. The molecule has 7 heteroatoms. The number of alkyl halides is 3. The van der Waals surface area contributed by atoms with Crippen LogP contribution in [0.4, 0.5) is 18.0 Å². The Kier molecular flexibility index (Phi) is 4.91. The Hall–Kier alpha value is -1.92. The first-order chi connectivity index (χ1) is 13.1. The average Bonchev–Trinajstić information content (AvgIpc) is 2.54. The largest absolute Gasteiger partial charge is 0.496 e. The predicted octanol–water partition coefficient (Wildman–Crippen LogP) is 5.56. The number of hydrogen-bond acceptors (Lipinski definition) is 3. The van der Waals surface area contributed by atoms with Crippen molar-refractivity contribution in [2.24, 2.45) is 5.41 Å². The second-order valence-corrected chi connectivity index (χ2v) is 9.86. The minimum Gasteiger partial charge on any atom is -0.496 e. The highest BCUT2D eigenvalue weighted by atomic mass is 19.4. The molecule has 162 valence electrons. The molecule has 2 atom stereocenters. The Morgan fingerprint density at radius 1 is 1.17 bits per heavy atom. The van der Waals surface area contributed by atoms with Crippen molar-refractivity contribution in [1.82, 2.24) is 4.90 Å². The second kappa shape index (κ2) is 6.54. The Morgan fingerprint density at radius 3 is 2.31 bits per heavy atom. The third-order valence-corrected chi connectivity index (χ3v) is 6.86. The van der Waals surface area contributed by atoms with Gasteiger partial charge in [-0.2, -0.15) is 13.2 Å². The number of carbonyl (C=O) groups is 1. The summed E-state index contributed by atoms with van der Waals surface area (Å²) < 4.78 is 52.8. The molecule has 1 aromatic rings. The topological polar surface area (TPSA) is 38.8 Å². The minimum absolute atomic E-state index is 0.291. The van der Waals surface area contributed by atoms with E-state index in [0.717, 1.165) is 6.07 Å². The normalized spacial score (nSPS) is 26.0. The van der Waals surface area contributed by atoms with E-state index in [4.69, 9.17) is 9.47 Å². The van der Waals surface area contributed by atoms with Gasteiger partial charge in [0.15, 0.2) is 0 Å². The van der Waals surface area contributed by atoms with Gasteiger partial charge in [-0.25, -0.2) is 4.79 Å². The van der Waals surface area contributed by atoms with Crippen LogP contribution in [-0.4, -0.2) is 36.3 Å². The van der Waals surface area contributed by atoms with E-state index in [1.54, 1.807) is 25.7 Å². The molecule has 3 rings (SSSR count). The van der Waals surface area contributed by atoms with Crippen LogP contribution in [0.3, 0.4) is 0 Å². The van der Waals surface area contributed by atoms with Gasteiger partial charge in [0.05, 0.1) is 12.7 Å². The number of piperidine rings is 1. The molecule has 0 unspecified atom stereocenters. The van der Waals surface area contributed by atoms with E-state index in [1.807, 2.05) is 20.8 Å². The molecule has 0 radical (unpaired) electrons. The predicted molar refractivity (Wildman–Crippen MR) is 104 cm³/mol. The molecule has 2 aliphatic rings. The summed E-state index contributed by atoms with van der Waals surface area (Å²) in [5, 5.41) is 0. The lowest BCUT2D eigenvalue weighted by atomic mass is 9.50. The summed E-state index contributed by atoms with van der Waals surface area (Å²) >= 11 is 0. The number of rotatable bonds is 1. The number of amides is 1. The molecule has 2 bridgehead atoms. The lowest BCUT2D eigenvalue weighted by molar-refractivity contribution is -0.141. The minimum atomic E-state index is -4.45. The summed E-state index contributed by atoms with van der Waals surface area (Å²) in [6, 6.07) is 2.22. The van der Waals surface area contributed by atoms with E-state index in [0.29, 0.717) is 36.3 Å². The van der Waals surface area contributed by atoms with Gasteiger partial charge in [0.25, 0.3) is 0 Å². The van der Waals surface area contributed by atoms with Gasteiger partial charge in [-0.15, -0.1) is 0 Å². The Morgan fingerprint density at radius 2 is 1.79 bits per heavy atom. The molecule has 0 N–H and O–H groups in total. The summed E-state index contributed by atoms with van der Waals surface area (Å²) in [7, 11) is 1.46. The molecule has 29 heavy (non-hydrogen) atoms. The Bertz CT molecular complexity index is 826. The van der Waals surface area contributed by atoms with Crippen molar-refractivity contribution in [2.75, 3.05) is 13.7 Å². The van der Waals surface area contributed by atoms with E-state index in [2.05, 4.69) is 0 Å². The fraction of sp³-hybridized carbons (Fsp3) is 0.682. The molecule has 1 amide bonds. The maximum Gasteiger partial charge on any atom is 0.416 e. The van der Waals surface area contributed by atoms with Gasteiger partial charge < -0.3 is 14.4 Å². The summed E-state index contributed by atoms with van der Waals surface area (Å²) in [5.41, 5.74) is -1.73. The smallest absolute Gasteiger partial charge is 0.416 e. The zero-order valence-electron chi connectivity index (χ0n) is 18.2. The number of halogens is 3. The Labute approximate surface area is 170 Å². The van der Waals surface area contributed by atoms with Crippen LogP contribution < -0.4 is 4.74 Å². The average molecular weight is 413 g/mol. The first-order valence-electron chi connectivity index (χ1n) is 9.90. The van der Waals surface area contributed by atoms with Crippen molar-refractivity contribution in [3.8, 4) is 5.75 Å². The van der Waals surface area contributed by atoms with Crippen molar-refractivity contribution in [3.05, 3.63) is 28.8 Å². The van der Waals surface area contributed by atoms with Crippen molar-refractivity contribution < 1.29 is 27.4 Å². The van der Waals surface area contributed by atoms with E-state index in [9.17, 15) is 18.0 Å². The van der Waals surface area contributed by atoms with Crippen LogP contribution in [0, 0.1) is 5.41 Å². The zero-order valence-corrected chi connectivity index (χ0v) is 18.2. The number of likely N-dealkylation sites (tertiary alicyclic amines) is 1. The van der Waals surface area contributed by atoms with E-state index >= 15 is 0 Å². The van der Waals surface area contributed by atoms with Crippen LogP contribution in [0.1, 0.15) is 64.7 Å². The number of nitrogens with zero attached hydrogens (tertiary/aromatic N) is 1. The molecule has 1 heterocycles. The highest BCUT2D eigenvalue weighted by Crippen LogP contribution is 2.59. The van der Waals surface area contributed by atoms with Crippen LogP contribution in [0.25, 0.3) is 0 Å². The molecule has 4 nitrogen and oxygen atoms in total. The standard InChI is InChI=1S/C22H30F3NO3/c1-19(2,3)29-18(27)26-11-10-21(6)17-13(12-16(26)20(21,4)5)15(28-7)9-8-14(17)22(23,24)25/h8-9,16H,10-12H2,1-7H3/t16-,21+/m1/s1. The molecule has 1 aliphatic carbocycles. The maximum absolute atomic E-state index is 13.9. The zero-order chi connectivity index (χ0) is 22.0. The molecular formula is C22H30F3NO3. The van der Waals surface area contributed by atoms with Crippen molar-refractivity contribution in [2.45, 2.75) is 77.6 Å². The van der Waals surface area contributed by atoms with Gasteiger partial charge in [-0.3, -0.25) is 0 Å². The highest BCUT2D eigenvalue weighted by molar-refractivity contribution is 5.70. The molecule has 1 aliphatic heterocycles. The Balaban J connectivity index is 2.18. The van der Waals surface area contributed by atoms with Gasteiger partial charge >= 0.3 is 12.3 Å². The molecule has 1 saturated heterocycles. The van der Waals surface area contributed by atoms with E-state index in [-0.39, 0.29) is 6.04 Å². The number of methoxy groups -OCH3 is 1. The van der Waals surface area contributed by atoms with Gasteiger partial charge in [0.1, 0.15) is 11.4 Å². The highest BCUT2D eigenvalue weighted by Gasteiger charge is 2.60. The van der Waals surface area contributed by atoms with Gasteiger partial charge in [0.2, 0.25) is 0 Å². The first-order valence-corrected chi connectivity index (χ1v) is 9.90. The summed E-state index contributed by atoms with van der Waals surface area (Å²) in [5.74, 6) is 0.436. The number of benzene rings is 1. The third-order valence-electron chi connectivity index (χ3n) is 6.86. The first kappa shape index (κ1) is 21.8. The van der Waals surface area contributed by atoms with E-state index in [1.165, 1.54) is 13.2 Å². The van der Waals surface area contributed by atoms with Crippen LogP contribution in [0.15, 0.2) is 12.1 Å². The van der Waals surface area contributed by atoms with Crippen molar-refractivity contribution in [1.29, 1.82) is 0 Å². The molecule has 0 aromatic heterocycles. The molecule has 0 spiro atoms. The molecule has 0 saturated carbocycles. The fourth-order valence-corrected chi connectivity index (χ4v) is 5.01. The fourth-order valence-electron chi connectivity index (χ4n) is 5.01. The second-order valence-electron chi connectivity index (χ2n) is 9.86. The van der Waals surface area contributed by atoms with Gasteiger partial charge in [-0.05, 0) is 56.7 Å². The SMILES string of the molecule is COc1ccc(C(F)(F)F)c2c1C[C@H]1N(C(=O)OC(C)(C)C)CC[C@]2(C)C1(C)C. The van der Waals surface area contributed by atoms with Gasteiger partial charge in [0, 0.05) is 23.6 Å². The molecule has 1 fully saturated rings. The summed E-state index contributed by atoms with van der Waals surface area (Å²) in [6.07, 6.45) is -4.17. The van der Waals surface area contributed by atoms with Gasteiger partial charge in [-0.1, -0.05) is 20.8 Å². The van der Waals surface area contributed by atoms with Crippen LogP contribution in [0.5, 0.6) is 5.75 Å². The number of fused-ring (bicyclic) bond motifs is 4. The maximum atomic E-state index is 13.9. The lowest BCUT2D eigenvalue weighted by Crippen LogP contribution is -2.65. The van der Waals surface area contributed by atoms with Crippen molar-refractivity contribution >= 4 is 6.09 Å². The number of hydrogen-bond donors (Lipinski definition) is 0. The lowest BCUT2D eigenvalue weighted by Gasteiger charge is -2.61. The monoisotopic (exact) mass is 413 g/mol. The summed E-state index contributed by atoms with van der Waals surface area (Å²) in [6.45, 7) is 11.6. The number of ether oxygens (including phenoxy) is 2. The van der Waals surface area contributed by atoms with Crippen molar-refractivity contribution in [3.63, 3.8) is 0 Å². The number of carbonyl (C=O) groups excluding carboxylic acids is 1. The van der Waals surface area contributed by atoms with E-state index < -0.39 is 34.3 Å².